The second kappa shape index (κ2) is 5.36. The lowest BCUT2D eigenvalue weighted by Gasteiger charge is -2.03. The third-order valence-corrected chi connectivity index (χ3v) is 3.54. The van der Waals surface area contributed by atoms with Crippen molar-refractivity contribution >= 4 is 16.6 Å². The zero-order valence-electron chi connectivity index (χ0n) is 11.7. The van der Waals surface area contributed by atoms with Crippen LogP contribution in [0.4, 0.5) is 5.69 Å². The number of nitrogens with zero attached hydrogens (tertiary/aromatic N) is 3. The van der Waals surface area contributed by atoms with Crippen molar-refractivity contribution in [1.29, 1.82) is 0 Å². The van der Waals surface area contributed by atoms with Crippen molar-refractivity contribution in [2.24, 2.45) is 0 Å². The molecule has 3 rings (SSSR count). The van der Waals surface area contributed by atoms with Crippen molar-refractivity contribution in [3.63, 3.8) is 0 Å². The van der Waals surface area contributed by atoms with Crippen LogP contribution in [0.5, 0.6) is 0 Å². The predicted molar refractivity (Wildman–Crippen MR) is 81.3 cm³/mol. The molecule has 2 aromatic carbocycles. The predicted octanol–water partition coefficient (Wildman–Crippen LogP) is 3.56. The van der Waals surface area contributed by atoms with Crippen LogP contribution in [0, 0.1) is 10.1 Å². The molecule has 0 saturated carbocycles. The highest BCUT2D eigenvalue weighted by Gasteiger charge is 2.19. The zero-order valence-corrected chi connectivity index (χ0v) is 11.7. The third-order valence-electron chi connectivity index (χ3n) is 3.54. The maximum atomic E-state index is 11.2. The van der Waals surface area contributed by atoms with Crippen LogP contribution in [0.15, 0.2) is 48.5 Å². The number of rotatable bonds is 4. The largest absolute Gasteiger partial charge is 0.280 e. The van der Waals surface area contributed by atoms with E-state index in [9.17, 15) is 10.1 Å². The molecule has 5 heteroatoms. The summed E-state index contributed by atoms with van der Waals surface area (Å²) < 4.78 is 1.84. The van der Waals surface area contributed by atoms with E-state index in [0.29, 0.717) is 18.4 Å². The first-order chi connectivity index (χ1) is 10.2. The van der Waals surface area contributed by atoms with E-state index < -0.39 is 0 Å². The van der Waals surface area contributed by atoms with E-state index in [0.717, 1.165) is 16.8 Å². The molecule has 3 aromatic rings. The van der Waals surface area contributed by atoms with Gasteiger partial charge in [0, 0.05) is 6.07 Å². The minimum absolute atomic E-state index is 0.128. The van der Waals surface area contributed by atoms with E-state index in [1.165, 1.54) is 6.07 Å². The Balaban J connectivity index is 2.16. The SMILES string of the molecule is CCc1nn(Cc2ccccc2)c2cccc([N+](=O)[O-])c12. The Bertz CT molecular complexity index is 794. The molecule has 1 aromatic heterocycles. The van der Waals surface area contributed by atoms with Crippen LogP contribution in [-0.4, -0.2) is 14.7 Å². The highest BCUT2D eigenvalue weighted by molar-refractivity contribution is 5.91. The van der Waals surface area contributed by atoms with E-state index in [1.54, 1.807) is 6.07 Å². The van der Waals surface area contributed by atoms with Crippen LogP contribution in [0.1, 0.15) is 18.2 Å². The molecule has 0 aliphatic rings. The summed E-state index contributed by atoms with van der Waals surface area (Å²) in [6, 6.07) is 15.1. The summed E-state index contributed by atoms with van der Waals surface area (Å²) in [5.74, 6) is 0. The Morgan fingerprint density at radius 2 is 1.90 bits per heavy atom. The van der Waals surface area contributed by atoms with Gasteiger partial charge in [0.2, 0.25) is 0 Å². The minimum Gasteiger partial charge on any atom is -0.260 e. The van der Waals surface area contributed by atoms with Crippen molar-refractivity contribution < 1.29 is 4.92 Å². The lowest BCUT2D eigenvalue weighted by molar-refractivity contribution is -0.383. The molecule has 0 fully saturated rings. The molecule has 0 N–H and O–H groups in total. The van der Waals surface area contributed by atoms with E-state index in [4.69, 9.17) is 0 Å². The quantitative estimate of drug-likeness (QED) is 0.542. The van der Waals surface area contributed by atoms with Gasteiger partial charge in [-0.25, -0.2) is 0 Å². The molecular weight excluding hydrogens is 266 g/mol. The monoisotopic (exact) mass is 281 g/mol. The van der Waals surface area contributed by atoms with Crippen molar-refractivity contribution in [2.75, 3.05) is 0 Å². The number of hydrogen-bond acceptors (Lipinski definition) is 3. The van der Waals surface area contributed by atoms with Crippen molar-refractivity contribution in [1.82, 2.24) is 9.78 Å². The number of hydrogen-bond donors (Lipinski definition) is 0. The Morgan fingerprint density at radius 3 is 2.57 bits per heavy atom. The molecule has 21 heavy (non-hydrogen) atoms. The van der Waals surface area contributed by atoms with Gasteiger partial charge < -0.3 is 0 Å². The average molecular weight is 281 g/mol. The molecule has 0 aliphatic carbocycles. The molecule has 0 spiro atoms. The third kappa shape index (κ3) is 2.38. The number of fused-ring (bicyclic) bond motifs is 1. The number of aryl methyl sites for hydroxylation is 1. The molecular formula is C16H15N3O2. The number of benzene rings is 2. The Kier molecular flexibility index (Phi) is 3.39. The maximum Gasteiger partial charge on any atom is 0.280 e. The van der Waals surface area contributed by atoms with Gasteiger partial charge in [-0.05, 0) is 18.1 Å². The van der Waals surface area contributed by atoms with Crippen LogP contribution in [0.25, 0.3) is 10.9 Å². The van der Waals surface area contributed by atoms with Crippen molar-refractivity contribution in [3.05, 3.63) is 69.9 Å². The topological polar surface area (TPSA) is 61.0 Å². The minimum atomic E-state index is -0.337. The van der Waals surface area contributed by atoms with Gasteiger partial charge in [0.1, 0.15) is 5.39 Å². The molecule has 106 valence electrons. The number of nitro groups is 1. The van der Waals surface area contributed by atoms with Gasteiger partial charge in [-0.2, -0.15) is 5.10 Å². The van der Waals surface area contributed by atoms with Crippen LogP contribution in [-0.2, 0) is 13.0 Å². The summed E-state index contributed by atoms with van der Waals surface area (Å²) in [4.78, 5) is 10.9. The van der Waals surface area contributed by atoms with Gasteiger partial charge in [0.05, 0.1) is 22.7 Å². The first-order valence-corrected chi connectivity index (χ1v) is 6.87. The summed E-state index contributed by atoms with van der Waals surface area (Å²) in [7, 11) is 0. The number of non-ortho nitro benzene ring substituents is 1. The lowest BCUT2D eigenvalue weighted by atomic mass is 10.1. The summed E-state index contributed by atoms with van der Waals surface area (Å²) in [6.45, 7) is 2.57. The second-order valence-corrected chi connectivity index (χ2v) is 4.87. The van der Waals surface area contributed by atoms with E-state index >= 15 is 0 Å². The Hall–Kier alpha value is -2.69. The smallest absolute Gasteiger partial charge is 0.260 e. The second-order valence-electron chi connectivity index (χ2n) is 4.87. The van der Waals surface area contributed by atoms with E-state index in [2.05, 4.69) is 5.10 Å². The maximum absolute atomic E-state index is 11.2. The van der Waals surface area contributed by atoms with Gasteiger partial charge in [-0.15, -0.1) is 0 Å². The van der Waals surface area contributed by atoms with Crippen LogP contribution < -0.4 is 0 Å². The first kappa shape index (κ1) is 13.3. The highest BCUT2D eigenvalue weighted by Crippen LogP contribution is 2.29. The molecule has 0 saturated heterocycles. The lowest BCUT2D eigenvalue weighted by Crippen LogP contribution is -2.01. The fraction of sp³-hybridized carbons (Fsp3) is 0.188. The summed E-state index contributed by atoms with van der Waals surface area (Å²) in [6.07, 6.45) is 0.670. The molecule has 0 aliphatic heterocycles. The number of nitro benzene ring substituents is 1. The van der Waals surface area contributed by atoms with Crippen LogP contribution in [0.3, 0.4) is 0 Å². The average Bonchev–Trinajstić information content (AvgIpc) is 2.86. The molecule has 0 unspecified atom stereocenters. The molecule has 0 atom stereocenters. The molecule has 0 bridgehead atoms. The summed E-state index contributed by atoms with van der Waals surface area (Å²) in [5, 5.41) is 16.4. The van der Waals surface area contributed by atoms with Gasteiger partial charge in [0.15, 0.2) is 0 Å². The molecule has 0 amide bonds. The van der Waals surface area contributed by atoms with E-state index in [-0.39, 0.29) is 10.6 Å². The van der Waals surface area contributed by atoms with Crippen molar-refractivity contribution in [2.45, 2.75) is 19.9 Å². The standard InChI is InChI=1S/C16H15N3O2/c1-2-13-16-14(9-6-10-15(16)19(20)21)18(17-13)11-12-7-4-3-5-8-12/h3-10H,2,11H2,1H3. The zero-order chi connectivity index (χ0) is 14.8. The van der Waals surface area contributed by atoms with Crippen LogP contribution in [0.2, 0.25) is 0 Å². The summed E-state index contributed by atoms with van der Waals surface area (Å²) >= 11 is 0. The molecule has 5 nitrogen and oxygen atoms in total. The Labute approximate surface area is 122 Å². The molecule has 1 heterocycles. The highest BCUT2D eigenvalue weighted by atomic mass is 16.6. The van der Waals surface area contributed by atoms with Gasteiger partial charge in [0.25, 0.3) is 5.69 Å². The number of aromatic nitrogens is 2. The van der Waals surface area contributed by atoms with Gasteiger partial charge >= 0.3 is 0 Å². The fourth-order valence-electron chi connectivity index (χ4n) is 2.57. The van der Waals surface area contributed by atoms with Gasteiger partial charge in [-0.3, -0.25) is 14.8 Å². The van der Waals surface area contributed by atoms with Crippen LogP contribution >= 0.6 is 0 Å². The Morgan fingerprint density at radius 1 is 1.14 bits per heavy atom. The van der Waals surface area contributed by atoms with Gasteiger partial charge in [-0.1, -0.05) is 43.3 Å². The van der Waals surface area contributed by atoms with Crippen molar-refractivity contribution in [3.8, 4) is 0 Å². The fourth-order valence-corrected chi connectivity index (χ4v) is 2.57. The normalized spacial score (nSPS) is 10.9. The van der Waals surface area contributed by atoms with E-state index in [1.807, 2.05) is 48.0 Å². The first-order valence-electron chi connectivity index (χ1n) is 6.87. The summed E-state index contributed by atoms with van der Waals surface area (Å²) in [5.41, 5.74) is 2.83. The molecule has 0 radical (unpaired) electrons.